The van der Waals surface area contributed by atoms with Crippen LogP contribution in [0.3, 0.4) is 0 Å². The number of hydrogen-bond donors (Lipinski definition) is 9. The molecule has 145 heavy (non-hydrogen) atoms. The van der Waals surface area contributed by atoms with Gasteiger partial charge in [0.1, 0.15) is 76.2 Å². The van der Waals surface area contributed by atoms with Crippen molar-refractivity contribution in [3.05, 3.63) is 322 Å². The highest BCUT2D eigenvalue weighted by Gasteiger charge is 2.43. The number of β-amino-alcohol motifs (C(OH)–C–C–N with tert-alkyl or cyclic N) is 1. The Bertz CT molecular complexity index is 5870. The highest BCUT2D eigenvalue weighted by atomic mass is 79.9. The minimum Gasteiger partial charge on any atom is -0.484 e. The van der Waals surface area contributed by atoms with Crippen molar-refractivity contribution >= 4 is 106 Å². The third-order valence-corrected chi connectivity index (χ3v) is 23.3. The van der Waals surface area contributed by atoms with Crippen LogP contribution in [-0.2, 0) is 23.8 Å². The van der Waals surface area contributed by atoms with E-state index in [1.54, 1.807) is 105 Å². The molecule has 12 atom stereocenters. The van der Waals surface area contributed by atoms with Crippen LogP contribution in [-0.4, -0.2) is 169 Å². The number of piperidine rings is 2. The zero-order chi connectivity index (χ0) is 107. The first-order chi connectivity index (χ1) is 68.1. The fourth-order valence-electron chi connectivity index (χ4n) is 13.7. The van der Waals surface area contributed by atoms with E-state index in [0.717, 1.165) is 72.0 Å². The van der Waals surface area contributed by atoms with Crippen LogP contribution in [0, 0.1) is 28.5 Å². The Hall–Kier alpha value is -12.6. The Morgan fingerprint density at radius 1 is 0.441 bits per heavy atom. The molecule has 12 N–H and O–H groups in total. The van der Waals surface area contributed by atoms with Gasteiger partial charge in [-0.1, -0.05) is 137 Å². The number of nitrogens with two attached hydrogens (primary N) is 3. The molecule has 0 unspecified atom stereocenters. The van der Waals surface area contributed by atoms with E-state index in [9.17, 15) is 74.5 Å². The van der Waals surface area contributed by atoms with Gasteiger partial charge in [-0.3, -0.25) is 9.59 Å². The topological polar surface area (TPSA) is 434 Å². The van der Waals surface area contributed by atoms with E-state index in [1.807, 2.05) is 136 Å². The molecule has 9 aromatic carbocycles. The van der Waals surface area contributed by atoms with Gasteiger partial charge < -0.3 is 91.2 Å². The first kappa shape index (κ1) is 119. The maximum atomic E-state index is 12.9. The first-order valence-electron chi connectivity index (χ1n) is 45.8. The molecule has 2 saturated heterocycles. The van der Waals surface area contributed by atoms with Crippen molar-refractivity contribution < 1.29 is 118 Å². The summed E-state index contributed by atoms with van der Waals surface area (Å²) in [4.78, 5) is 88.2. The second-order valence-corrected chi connectivity index (χ2v) is 39.6. The minimum atomic E-state index is -5.03. The van der Waals surface area contributed by atoms with Crippen LogP contribution in [0.1, 0.15) is 227 Å². The summed E-state index contributed by atoms with van der Waals surface area (Å²) < 4.78 is 132. The van der Waals surface area contributed by atoms with Gasteiger partial charge in [-0.2, -0.15) is 36.9 Å². The SMILES string of the molecule is CC(C)(C)OC(=O)N1CCC[C@H](O)C1.C[C@H](N)[C@H](O)c1ccc(Br)cc1.C[C@H](N)[C@H](Oc1ccc(C#N)cc1)c1ccc(Br)cc1.C[C@H](N)[C@H](Oc1ccc(C(=O)O)cc1)c1ccc(Br)cc1.C[C@H](NC(=O)C(F)(F)F)[C@H](Oc1ccc(C(=O)O)nc1)c1ccc(Br)cc1.C[C@H](NC(=O)C(F)(F)F)[C@H](Oc1ccc(C(=O)O[C@H]2CCCN(C(=O)OC(C)(C)C)C2)cc1)c1ccc(C2CC2)cc1.N#Cc1ccc(F)cc1. The van der Waals surface area contributed by atoms with E-state index in [1.165, 1.54) is 91.5 Å². The number of carbonyl (C=O) groups is 7. The minimum absolute atomic E-state index is 0.140. The molecule has 3 fully saturated rings. The molecule has 2 aliphatic heterocycles. The van der Waals surface area contributed by atoms with Crippen LogP contribution in [0.15, 0.2) is 255 Å². The molecule has 0 spiro atoms. The van der Waals surface area contributed by atoms with Crippen molar-refractivity contribution in [2.45, 2.75) is 217 Å². The summed E-state index contributed by atoms with van der Waals surface area (Å²) in [5.74, 6) is -4.98. The average molecular weight is 2270 g/mol. The summed E-state index contributed by atoms with van der Waals surface area (Å²) in [6, 6.07) is 65.9. The Kier molecular flexibility index (Phi) is 46.8. The van der Waals surface area contributed by atoms with Crippen molar-refractivity contribution in [2.75, 3.05) is 26.2 Å². The number of amides is 4. The molecule has 0 bridgehead atoms. The number of rotatable bonds is 25. The normalized spacial score (nSPS) is 15.9. The molecule has 0 radical (unpaired) electrons. The van der Waals surface area contributed by atoms with Crippen LogP contribution < -0.4 is 46.8 Å². The second-order valence-electron chi connectivity index (χ2n) is 36.0. The molecule has 1 saturated carbocycles. The number of esters is 1. The molecule has 1 aliphatic carbocycles. The molecule has 776 valence electrons. The number of likely N-dealkylation sites (tertiary alicyclic amines) is 2. The number of aliphatic hydroxyl groups is 2. The smallest absolute Gasteiger partial charge is 0.471 e. The number of aromatic carboxylic acids is 2. The van der Waals surface area contributed by atoms with Gasteiger partial charge in [0.2, 0.25) is 0 Å². The number of carboxylic acids is 2. The number of aromatic nitrogens is 1. The van der Waals surface area contributed by atoms with E-state index in [4.69, 9.17) is 71.1 Å². The van der Waals surface area contributed by atoms with E-state index in [2.05, 4.69) is 74.8 Å². The lowest BCUT2D eigenvalue weighted by Crippen LogP contribution is -2.45. The monoisotopic (exact) mass is 2270 g/mol. The summed E-state index contributed by atoms with van der Waals surface area (Å²) in [5.41, 5.74) is 22.9. The number of nitrogens with zero attached hydrogens (tertiary/aromatic N) is 5. The third kappa shape index (κ3) is 42.2. The summed E-state index contributed by atoms with van der Waals surface area (Å²) in [6.07, 6.45) is -8.46. The Balaban J connectivity index is 0.000000242. The largest absolute Gasteiger partial charge is 0.484 e. The van der Waals surface area contributed by atoms with Crippen LogP contribution in [0.25, 0.3) is 0 Å². The highest BCUT2D eigenvalue weighted by molar-refractivity contribution is 9.11. The van der Waals surface area contributed by atoms with Crippen LogP contribution in [0.2, 0.25) is 0 Å². The van der Waals surface area contributed by atoms with E-state index < -0.39 is 102 Å². The van der Waals surface area contributed by atoms with Gasteiger partial charge in [0.05, 0.1) is 71.4 Å². The highest BCUT2D eigenvalue weighted by Crippen LogP contribution is 2.41. The summed E-state index contributed by atoms with van der Waals surface area (Å²) in [5, 5.41) is 57.6. The van der Waals surface area contributed by atoms with Gasteiger partial charge in [-0.05, 0) is 312 Å². The van der Waals surface area contributed by atoms with Crippen molar-refractivity contribution in [1.29, 1.82) is 10.5 Å². The number of nitriles is 2. The number of nitrogens with one attached hydrogen (secondary N) is 2. The average Bonchev–Trinajstić information content (AvgIpc) is 1.69. The van der Waals surface area contributed by atoms with Crippen LogP contribution >= 0.6 is 63.7 Å². The van der Waals surface area contributed by atoms with E-state index >= 15 is 0 Å². The first-order valence-corrected chi connectivity index (χ1v) is 49.0. The molecule has 3 heterocycles. The van der Waals surface area contributed by atoms with Gasteiger partial charge in [0, 0.05) is 55.7 Å². The second kappa shape index (κ2) is 56.8. The molecule has 3 aliphatic rings. The lowest BCUT2D eigenvalue weighted by molar-refractivity contribution is -0.174. The molecular weight excluding hydrogens is 2150 g/mol. The maximum absolute atomic E-state index is 12.9. The number of aliphatic hydroxyl groups excluding tert-OH is 2. The Labute approximate surface area is 870 Å². The Morgan fingerprint density at radius 2 is 0.786 bits per heavy atom. The van der Waals surface area contributed by atoms with E-state index in [0.29, 0.717) is 77.9 Å². The zero-order valence-electron chi connectivity index (χ0n) is 81.2. The van der Waals surface area contributed by atoms with E-state index in [-0.39, 0.29) is 71.4 Å². The van der Waals surface area contributed by atoms with Crippen molar-refractivity contribution in [1.82, 2.24) is 25.4 Å². The lowest BCUT2D eigenvalue weighted by Gasteiger charge is -2.33. The van der Waals surface area contributed by atoms with Gasteiger partial charge in [-0.25, -0.2) is 33.3 Å². The maximum Gasteiger partial charge on any atom is 0.471 e. The molecule has 4 amide bonds. The number of carbonyl (C=O) groups excluding carboxylic acids is 5. The van der Waals surface area contributed by atoms with Crippen molar-refractivity contribution in [3.63, 3.8) is 0 Å². The predicted molar refractivity (Wildman–Crippen MR) is 544 cm³/mol. The summed E-state index contributed by atoms with van der Waals surface area (Å²) >= 11 is 13.4. The summed E-state index contributed by atoms with van der Waals surface area (Å²) in [7, 11) is 0. The van der Waals surface area contributed by atoms with Gasteiger partial charge in [-0.15, -0.1) is 0 Å². The third-order valence-electron chi connectivity index (χ3n) is 21.2. The predicted octanol–water partition coefficient (Wildman–Crippen LogP) is 22.3. The number of halogens is 11. The molecular formula is C106H117Br4F7N10O18. The van der Waals surface area contributed by atoms with Gasteiger partial charge >= 0.3 is 54.3 Å². The van der Waals surface area contributed by atoms with Crippen LogP contribution in [0.4, 0.5) is 40.3 Å². The number of ether oxygens (including phenoxy) is 7. The van der Waals surface area contributed by atoms with Crippen molar-refractivity contribution in [3.8, 4) is 35.1 Å². The standard InChI is InChI=1S/C31H37F3N2O6.C17H14BrF3N2O4.C16H15BrN2O.C16H16BrNO3.C10H19NO3.C9H12BrNO.C7H4FN/c1-19(35-28(38)31(32,33)34)26(22-11-9-21(10-12-22)20-7-8-20)40-24-15-13-23(14-16-24)27(37)41-25-6-5-17-36(18-25)29(39)42-30(2,3)4;1-9(23-16(26)17(19,20)21)14(10-2-4-11(18)5-3-10)27-12-6-7-13(15(24)25)22-8-12;1-11(19)16(13-4-6-14(17)7-5-13)20-15-8-2-12(10-18)3-9-15;1-10(18)15(11-2-6-13(17)7-3-11)21-14-8-4-12(5-9-14)16(19)20;1-10(2,3)14-9(13)11-6-4-5-8(12)7-11;1-6(11)9(12)7-2-4-8(10)5-3-7;8-7-3-1-6(5-9)2-4-7/h9-16,19-20,25-26H,5-8,17-18H2,1-4H3,(H,35,38);2-9,14H,1H3,(H,23,26)(H,24,25);2-9,11,16H,19H2,1H3;2-10,15H,18H2,1H3,(H,19,20);8,12H,4-7H2,1-3H3;2-6,9,12H,11H2,1H3;1-4H/t19-,25-,26-;9-,14-;11-,16-;10-,15-;8-;6-,9-;/m000000./s1. The lowest BCUT2D eigenvalue weighted by atomic mass is 10.00. The summed E-state index contributed by atoms with van der Waals surface area (Å²) in [6.45, 7) is 21.1. The number of alkyl halides is 6. The number of pyridine rings is 1. The fraction of sp³-hybridized carbons (Fsp3) is 0.358. The molecule has 28 nitrogen and oxygen atoms in total. The number of hydrogen-bond acceptors (Lipinski definition) is 22. The van der Waals surface area contributed by atoms with Gasteiger partial charge in [0.15, 0.2) is 0 Å². The molecule has 10 aromatic rings. The fourth-order valence-corrected chi connectivity index (χ4v) is 14.8. The molecule has 39 heteroatoms. The molecule has 13 rings (SSSR count). The number of carboxylic acid groups (broad SMARTS) is 2. The Morgan fingerprint density at radius 3 is 1.13 bits per heavy atom. The van der Waals surface area contributed by atoms with Gasteiger partial charge in [0.25, 0.3) is 0 Å². The quantitative estimate of drug-likeness (QED) is 0.0146. The van der Waals surface area contributed by atoms with Crippen molar-refractivity contribution in [2.24, 2.45) is 17.2 Å². The zero-order valence-corrected chi connectivity index (χ0v) is 87.6. The van der Waals surface area contributed by atoms with Crippen LogP contribution in [0.5, 0.6) is 23.0 Å². The molecule has 1 aromatic heterocycles. The number of benzene rings is 9.